The predicted molar refractivity (Wildman–Crippen MR) is 224 cm³/mol. The van der Waals surface area contributed by atoms with E-state index >= 15 is 0 Å². The van der Waals surface area contributed by atoms with Gasteiger partial charge < -0.3 is 20.0 Å². The van der Waals surface area contributed by atoms with Gasteiger partial charge in [0.1, 0.15) is 0 Å². The third-order valence-corrected chi connectivity index (χ3v) is 11.4. The normalized spacial score (nSPS) is 18.9. The van der Waals surface area contributed by atoms with Crippen molar-refractivity contribution in [2.45, 2.75) is 185 Å². The lowest BCUT2D eigenvalue weighted by molar-refractivity contribution is -0.164. The number of nitrogens with zero attached hydrogens (tertiary/aromatic N) is 3. The van der Waals surface area contributed by atoms with Gasteiger partial charge in [0.2, 0.25) is 23.6 Å². The Morgan fingerprint density at radius 1 is 0.648 bits per heavy atom. The first kappa shape index (κ1) is 47.3. The summed E-state index contributed by atoms with van der Waals surface area (Å²) >= 11 is 0. The molecule has 1 spiro atoms. The number of rotatable bonds is 4. The summed E-state index contributed by atoms with van der Waals surface area (Å²) in [4.78, 5) is 53.0. The van der Waals surface area contributed by atoms with Crippen molar-refractivity contribution in [1.82, 2.24) is 20.0 Å². The van der Waals surface area contributed by atoms with E-state index in [1.54, 1.807) is 6.92 Å². The molecule has 1 N–H and O–H groups in total. The topological polar surface area (TPSA) is 90.0 Å². The van der Waals surface area contributed by atoms with E-state index in [0.29, 0.717) is 29.3 Å². The zero-order valence-corrected chi connectivity index (χ0v) is 37.2. The highest BCUT2D eigenvalue weighted by Crippen LogP contribution is 2.48. The highest BCUT2D eigenvalue weighted by atomic mass is 16.2. The van der Waals surface area contributed by atoms with E-state index in [2.05, 4.69) is 37.9 Å². The zero-order valence-electron chi connectivity index (χ0n) is 37.2. The monoisotopic (exact) mass is 753 g/mol. The van der Waals surface area contributed by atoms with E-state index in [0.717, 1.165) is 26.2 Å². The van der Waals surface area contributed by atoms with E-state index in [1.165, 1.54) is 76.2 Å². The molecule has 0 bridgehead atoms. The number of carbonyl (C=O) groups excluding carboxylic acids is 4. The second-order valence-corrected chi connectivity index (χ2v) is 20.8. The van der Waals surface area contributed by atoms with Gasteiger partial charge in [-0.2, -0.15) is 0 Å². The van der Waals surface area contributed by atoms with Crippen LogP contribution in [0.4, 0.5) is 0 Å². The first-order chi connectivity index (χ1) is 24.7. The van der Waals surface area contributed by atoms with E-state index in [-0.39, 0.29) is 33.6 Å². The summed E-state index contributed by atoms with van der Waals surface area (Å²) in [5, 5.41) is 3.03. The fraction of sp³-hybridized carbons (Fsp3) is 0.783. The van der Waals surface area contributed by atoms with Crippen molar-refractivity contribution in [3.05, 3.63) is 35.9 Å². The van der Waals surface area contributed by atoms with Gasteiger partial charge >= 0.3 is 0 Å². The summed E-state index contributed by atoms with van der Waals surface area (Å²) in [6.07, 6.45) is 13.8. The molecule has 2 saturated carbocycles. The van der Waals surface area contributed by atoms with Crippen LogP contribution >= 0.6 is 0 Å². The minimum absolute atomic E-state index is 0.117. The van der Waals surface area contributed by atoms with Gasteiger partial charge in [0.25, 0.3) is 0 Å². The average Bonchev–Trinajstić information content (AvgIpc) is 3.29. The van der Waals surface area contributed by atoms with Gasteiger partial charge in [0.15, 0.2) is 0 Å². The van der Waals surface area contributed by atoms with Crippen LogP contribution in [0.1, 0.15) is 173 Å². The van der Waals surface area contributed by atoms with Crippen LogP contribution in [0.5, 0.6) is 0 Å². The molecule has 5 rings (SSSR count). The van der Waals surface area contributed by atoms with Crippen LogP contribution in [0.25, 0.3) is 0 Å². The summed E-state index contributed by atoms with van der Waals surface area (Å²) < 4.78 is 0. The quantitative estimate of drug-likeness (QED) is 0.332. The molecule has 8 nitrogen and oxygen atoms in total. The minimum Gasteiger partial charge on any atom is -0.355 e. The maximum Gasteiger partial charge on any atom is 0.228 e. The lowest BCUT2D eigenvalue weighted by Crippen LogP contribution is -2.67. The number of nitrogens with one attached hydrogen (secondary N) is 1. The van der Waals surface area contributed by atoms with Crippen LogP contribution in [0.3, 0.4) is 0 Å². The van der Waals surface area contributed by atoms with E-state index in [4.69, 9.17) is 0 Å². The number of likely N-dealkylation sites (tertiary alicyclic amines) is 2. The highest BCUT2D eigenvalue weighted by molar-refractivity contribution is 5.83. The fourth-order valence-electron chi connectivity index (χ4n) is 7.22. The van der Waals surface area contributed by atoms with Crippen molar-refractivity contribution in [2.24, 2.45) is 21.7 Å². The molecule has 2 saturated heterocycles. The summed E-state index contributed by atoms with van der Waals surface area (Å²) in [5.41, 5.74) is 1.11. The van der Waals surface area contributed by atoms with Crippen molar-refractivity contribution in [2.75, 3.05) is 26.2 Å². The Morgan fingerprint density at radius 2 is 1.15 bits per heavy atom. The maximum absolute atomic E-state index is 12.0. The van der Waals surface area contributed by atoms with Gasteiger partial charge in [-0.3, -0.25) is 19.2 Å². The van der Waals surface area contributed by atoms with Gasteiger partial charge in [0, 0.05) is 67.0 Å². The molecule has 0 unspecified atom stereocenters. The Kier molecular flexibility index (Phi) is 16.9. The van der Waals surface area contributed by atoms with Crippen LogP contribution < -0.4 is 5.32 Å². The molecule has 2 heterocycles. The largest absolute Gasteiger partial charge is 0.355 e. The van der Waals surface area contributed by atoms with Crippen molar-refractivity contribution >= 4 is 23.6 Å². The lowest BCUT2D eigenvalue weighted by Gasteiger charge is -2.60. The van der Waals surface area contributed by atoms with Crippen molar-refractivity contribution in [3.8, 4) is 0 Å². The molecule has 4 amide bonds. The molecule has 0 atom stereocenters. The molecule has 0 aromatic heterocycles. The second-order valence-electron chi connectivity index (χ2n) is 20.8. The van der Waals surface area contributed by atoms with Crippen LogP contribution in [0, 0.1) is 21.7 Å². The highest BCUT2D eigenvalue weighted by Gasteiger charge is 2.52. The zero-order chi connectivity index (χ0) is 41.2. The van der Waals surface area contributed by atoms with Crippen LogP contribution in [-0.2, 0) is 25.7 Å². The smallest absolute Gasteiger partial charge is 0.228 e. The van der Waals surface area contributed by atoms with Crippen LogP contribution in [0.15, 0.2) is 30.3 Å². The number of amides is 4. The van der Waals surface area contributed by atoms with E-state index in [9.17, 15) is 19.2 Å². The van der Waals surface area contributed by atoms with Crippen molar-refractivity contribution < 1.29 is 19.2 Å². The number of hydrogen-bond donors (Lipinski definition) is 1. The second kappa shape index (κ2) is 19.3. The van der Waals surface area contributed by atoms with Crippen molar-refractivity contribution in [3.63, 3.8) is 0 Å². The summed E-state index contributed by atoms with van der Waals surface area (Å²) in [7, 11) is 0. The molecule has 308 valence electrons. The molecular formula is C46H80N4O4. The maximum atomic E-state index is 12.0. The molecule has 1 aromatic rings. The Bertz CT molecular complexity index is 1340. The number of carbonyl (C=O) groups is 4. The molecule has 0 radical (unpaired) electrons. The Labute approximate surface area is 330 Å². The molecular weight excluding hydrogens is 673 g/mol. The van der Waals surface area contributed by atoms with Gasteiger partial charge in [-0.1, -0.05) is 119 Å². The molecule has 54 heavy (non-hydrogen) atoms. The van der Waals surface area contributed by atoms with Gasteiger partial charge in [-0.25, -0.2) is 0 Å². The predicted octanol–water partition coefficient (Wildman–Crippen LogP) is 9.80. The standard InChI is InChI=1S/C13H19NO.C11H19NO.2C11H21NO/c1-11(15)14(13(2,3)4)10-12-8-6-5-7-9-12;1-10(2,3)9(13)12-8-7-11(12)5-4-6-11;1-10(2,3)9(13)12-8-11(4)6-5-7-11;1-11(2,3)10(13)12-8-6-4-5-7-9-12/h5-9H,10H2,1-4H3;4-8H2,1-3H3;5-8H2,1-4H3,(H,12,13);4-9H2,1-3H3. The van der Waals surface area contributed by atoms with Crippen LogP contribution in [0.2, 0.25) is 0 Å². The first-order valence-electron chi connectivity index (χ1n) is 20.9. The first-order valence-corrected chi connectivity index (χ1v) is 20.9. The average molecular weight is 753 g/mol. The van der Waals surface area contributed by atoms with E-state index in [1.807, 2.05) is 102 Å². The number of benzene rings is 1. The molecule has 2 aliphatic heterocycles. The fourth-order valence-corrected chi connectivity index (χ4v) is 7.22. The lowest BCUT2D eigenvalue weighted by atomic mass is 9.67. The SMILES string of the molecule is CC(=O)N(Cc1ccccc1)C(C)(C)C.CC(C)(C)C(=O)N1CCC12CCC2.CC(C)(C)C(=O)N1CCCCCC1.CC1(CNC(=O)C(C)(C)C)CCC1. The van der Waals surface area contributed by atoms with Crippen molar-refractivity contribution in [1.29, 1.82) is 0 Å². The number of hydrogen-bond acceptors (Lipinski definition) is 4. The van der Waals surface area contributed by atoms with Crippen LogP contribution in [-0.4, -0.2) is 75.6 Å². The van der Waals surface area contributed by atoms with Gasteiger partial charge in [-0.15, -0.1) is 0 Å². The van der Waals surface area contributed by atoms with Gasteiger partial charge in [0.05, 0.1) is 0 Å². The molecule has 4 aliphatic rings. The van der Waals surface area contributed by atoms with E-state index < -0.39 is 0 Å². The third-order valence-electron chi connectivity index (χ3n) is 11.4. The Balaban J connectivity index is 0.000000249. The molecule has 8 heteroatoms. The summed E-state index contributed by atoms with van der Waals surface area (Å²) in [6, 6.07) is 10.1. The molecule has 4 fully saturated rings. The molecule has 1 aromatic carbocycles. The van der Waals surface area contributed by atoms with Gasteiger partial charge in [-0.05, 0) is 83.1 Å². The summed E-state index contributed by atoms with van der Waals surface area (Å²) in [5.74, 6) is 0.944. The Hall–Kier alpha value is -2.90. The Morgan fingerprint density at radius 3 is 1.48 bits per heavy atom. The third kappa shape index (κ3) is 14.6. The summed E-state index contributed by atoms with van der Waals surface area (Å²) in [6.45, 7) is 32.4. The minimum atomic E-state index is -0.250. The molecule has 2 aliphatic carbocycles.